The van der Waals surface area contributed by atoms with E-state index >= 15 is 0 Å². The van der Waals surface area contributed by atoms with Crippen LogP contribution in [-0.2, 0) is 6.42 Å². The van der Waals surface area contributed by atoms with Crippen LogP contribution in [0, 0.1) is 12.7 Å². The molecule has 3 N–H and O–H groups in total. The average Bonchev–Trinajstić information content (AvgIpc) is 2.58. The molecule has 0 amide bonds. The first-order chi connectivity index (χ1) is 8.35. The highest BCUT2D eigenvalue weighted by Crippen LogP contribution is 2.22. The fourth-order valence-corrected chi connectivity index (χ4v) is 1.93. The van der Waals surface area contributed by atoms with E-state index in [2.05, 4.69) is 9.97 Å². The lowest BCUT2D eigenvalue weighted by Crippen LogP contribution is -2.34. The molecule has 0 spiro atoms. The Hall–Kier alpha value is -1.68. The van der Waals surface area contributed by atoms with Crippen LogP contribution in [0.1, 0.15) is 25.4 Å². The predicted molar refractivity (Wildman–Crippen MR) is 70.7 cm³/mol. The smallest absolute Gasteiger partial charge is 0.123 e. The molecule has 2 rings (SSSR count). The predicted octanol–water partition coefficient (Wildman–Crippen LogP) is 2.80. The van der Waals surface area contributed by atoms with Crippen LogP contribution < -0.4 is 5.73 Å². The van der Waals surface area contributed by atoms with Crippen LogP contribution in [0.5, 0.6) is 0 Å². The molecule has 2 aromatic rings. The van der Waals surface area contributed by atoms with Gasteiger partial charge in [-0.1, -0.05) is 0 Å². The first kappa shape index (κ1) is 12.8. The zero-order valence-electron chi connectivity index (χ0n) is 10.9. The second kappa shape index (κ2) is 4.53. The Kier molecular flexibility index (Phi) is 3.22. The van der Waals surface area contributed by atoms with Crippen LogP contribution in [0.3, 0.4) is 0 Å². The molecule has 1 aromatic heterocycles. The molecule has 0 unspecified atom stereocenters. The maximum Gasteiger partial charge on any atom is 0.123 e. The van der Waals surface area contributed by atoms with E-state index in [-0.39, 0.29) is 11.4 Å². The van der Waals surface area contributed by atoms with Gasteiger partial charge in [-0.05, 0) is 45.0 Å². The quantitative estimate of drug-likeness (QED) is 0.876. The number of H-pyrrole nitrogens is 1. The summed E-state index contributed by atoms with van der Waals surface area (Å²) in [4.78, 5) is 7.77. The van der Waals surface area contributed by atoms with Crippen molar-refractivity contribution in [2.24, 2.45) is 5.73 Å². The second-order valence-electron chi connectivity index (χ2n) is 5.33. The van der Waals surface area contributed by atoms with Crippen LogP contribution in [0.4, 0.5) is 4.39 Å². The number of imidazole rings is 1. The van der Waals surface area contributed by atoms with Gasteiger partial charge in [-0.2, -0.15) is 0 Å². The molecule has 0 aliphatic carbocycles. The van der Waals surface area contributed by atoms with E-state index in [4.69, 9.17) is 5.73 Å². The molecule has 96 valence electrons. The SMILES string of the molecule is Cc1[nH]c(CC(C)(C)N)nc1-c1ccc(F)cc1. The summed E-state index contributed by atoms with van der Waals surface area (Å²) in [5.74, 6) is 0.620. The third-order valence-electron chi connectivity index (χ3n) is 2.67. The van der Waals surface area contributed by atoms with Crippen molar-refractivity contribution in [2.45, 2.75) is 32.7 Å². The summed E-state index contributed by atoms with van der Waals surface area (Å²) < 4.78 is 12.9. The van der Waals surface area contributed by atoms with Crippen molar-refractivity contribution >= 4 is 0 Å². The lowest BCUT2D eigenvalue weighted by Gasteiger charge is -2.15. The Morgan fingerprint density at radius 1 is 1.28 bits per heavy atom. The van der Waals surface area contributed by atoms with Crippen molar-refractivity contribution in [2.75, 3.05) is 0 Å². The zero-order chi connectivity index (χ0) is 13.3. The topological polar surface area (TPSA) is 54.7 Å². The third kappa shape index (κ3) is 2.96. The number of hydrogen-bond acceptors (Lipinski definition) is 2. The first-order valence-corrected chi connectivity index (χ1v) is 5.95. The highest BCUT2D eigenvalue weighted by molar-refractivity contribution is 5.61. The van der Waals surface area contributed by atoms with Gasteiger partial charge in [-0.15, -0.1) is 0 Å². The summed E-state index contributed by atoms with van der Waals surface area (Å²) in [5.41, 5.74) is 8.41. The molecule has 0 aliphatic heterocycles. The van der Waals surface area contributed by atoms with Gasteiger partial charge in [0.05, 0.1) is 5.69 Å². The maximum atomic E-state index is 12.9. The van der Waals surface area contributed by atoms with E-state index in [1.807, 2.05) is 20.8 Å². The van der Waals surface area contributed by atoms with Crippen molar-refractivity contribution in [3.8, 4) is 11.3 Å². The molecule has 0 bridgehead atoms. The Balaban J connectivity index is 2.32. The number of nitrogens with two attached hydrogens (primary N) is 1. The van der Waals surface area contributed by atoms with E-state index in [0.29, 0.717) is 6.42 Å². The van der Waals surface area contributed by atoms with Crippen LogP contribution in [0.2, 0.25) is 0 Å². The summed E-state index contributed by atoms with van der Waals surface area (Å²) in [5, 5.41) is 0. The molecular formula is C14H18FN3. The third-order valence-corrected chi connectivity index (χ3v) is 2.67. The van der Waals surface area contributed by atoms with Gasteiger partial charge in [0.25, 0.3) is 0 Å². The Morgan fingerprint density at radius 3 is 2.44 bits per heavy atom. The monoisotopic (exact) mass is 247 g/mol. The van der Waals surface area contributed by atoms with Crippen molar-refractivity contribution < 1.29 is 4.39 Å². The number of nitrogens with one attached hydrogen (secondary N) is 1. The normalized spacial score (nSPS) is 11.8. The molecule has 0 fully saturated rings. The van der Waals surface area contributed by atoms with Crippen molar-refractivity contribution in [3.05, 3.63) is 41.6 Å². The second-order valence-corrected chi connectivity index (χ2v) is 5.33. The summed E-state index contributed by atoms with van der Waals surface area (Å²) >= 11 is 0. The van der Waals surface area contributed by atoms with E-state index in [1.54, 1.807) is 12.1 Å². The molecule has 0 saturated carbocycles. The molecule has 18 heavy (non-hydrogen) atoms. The van der Waals surface area contributed by atoms with E-state index in [0.717, 1.165) is 22.8 Å². The van der Waals surface area contributed by atoms with Gasteiger partial charge in [0.1, 0.15) is 11.6 Å². The van der Waals surface area contributed by atoms with Crippen molar-refractivity contribution in [1.29, 1.82) is 0 Å². The molecule has 0 saturated heterocycles. The molecule has 0 radical (unpaired) electrons. The van der Waals surface area contributed by atoms with E-state index in [9.17, 15) is 4.39 Å². The van der Waals surface area contributed by atoms with E-state index < -0.39 is 0 Å². The average molecular weight is 247 g/mol. The fourth-order valence-electron chi connectivity index (χ4n) is 1.93. The molecule has 3 nitrogen and oxygen atoms in total. The standard InChI is InChI=1S/C14H18FN3/c1-9-13(10-4-6-11(15)7-5-10)18-12(17-9)8-14(2,3)16/h4-7H,8,16H2,1-3H3,(H,17,18). The van der Waals surface area contributed by atoms with E-state index in [1.165, 1.54) is 12.1 Å². The Morgan fingerprint density at radius 2 is 1.89 bits per heavy atom. The van der Waals surface area contributed by atoms with Gasteiger partial charge < -0.3 is 10.7 Å². The minimum atomic E-state index is -0.301. The number of hydrogen-bond donors (Lipinski definition) is 2. The van der Waals surface area contributed by atoms with Gasteiger partial charge in [-0.25, -0.2) is 9.37 Å². The Bertz CT molecular complexity index is 535. The minimum absolute atomic E-state index is 0.241. The number of benzene rings is 1. The highest BCUT2D eigenvalue weighted by Gasteiger charge is 2.16. The number of nitrogens with zero attached hydrogens (tertiary/aromatic N) is 1. The minimum Gasteiger partial charge on any atom is -0.346 e. The van der Waals surface area contributed by atoms with Crippen LogP contribution in [-0.4, -0.2) is 15.5 Å². The van der Waals surface area contributed by atoms with Crippen molar-refractivity contribution in [1.82, 2.24) is 9.97 Å². The molecule has 4 heteroatoms. The lowest BCUT2D eigenvalue weighted by atomic mass is 10.0. The summed E-state index contributed by atoms with van der Waals surface area (Å²) in [6.07, 6.45) is 0.676. The number of halogens is 1. The van der Waals surface area contributed by atoms with Crippen LogP contribution in [0.25, 0.3) is 11.3 Å². The first-order valence-electron chi connectivity index (χ1n) is 5.95. The summed E-state index contributed by atoms with van der Waals surface area (Å²) in [6, 6.07) is 6.34. The maximum absolute atomic E-state index is 12.9. The largest absolute Gasteiger partial charge is 0.346 e. The van der Waals surface area contributed by atoms with Crippen LogP contribution >= 0.6 is 0 Å². The molecule has 0 aliphatic rings. The van der Waals surface area contributed by atoms with Gasteiger partial charge in [-0.3, -0.25) is 0 Å². The molecule has 1 aromatic carbocycles. The van der Waals surface area contributed by atoms with Gasteiger partial charge in [0.2, 0.25) is 0 Å². The lowest BCUT2D eigenvalue weighted by molar-refractivity contribution is 0.504. The highest BCUT2D eigenvalue weighted by atomic mass is 19.1. The number of aromatic nitrogens is 2. The molecule has 0 atom stereocenters. The molecular weight excluding hydrogens is 229 g/mol. The van der Waals surface area contributed by atoms with Gasteiger partial charge in [0.15, 0.2) is 0 Å². The molecule has 1 heterocycles. The van der Waals surface area contributed by atoms with Gasteiger partial charge >= 0.3 is 0 Å². The summed E-state index contributed by atoms with van der Waals surface area (Å²) in [7, 11) is 0. The van der Waals surface area contributed by atoms with Crippen molar-refractivity contribution in [3.63, 3.8) is 0 Å². The number of aryl methyl sites for hydroxylation is 1. The Labute approximate surface area is 106 Å². The van der Waals surface area contributed by atoms with Gasteiger partial charge in [0, 0.05) is 23.2 Å². The zero-order valence-corrected chi connectivity index (χ0v) is 10.9. The summed E-state index contributed by atoms with van der Waals surface area (Å²) in [6.45, 7) is 5.88. The number of rotatable bonds is 3. The number of aromatic amines is 1. The fraction of sp³-hybridized carbons (Fsp3) is 0.357. The van der Waals surface area contributed by atoms with Crippen LogP contribution in [0.15, 0.2) is 24.3 Å².